The summed E-state index contributed by atoms with van der Waals surface area (Å²) in [7, 11) is -4.01. The number of carbonyl (C=O) groups excluding carboxylic acids is 2. The Balaban J connectivity index is 1.53. The Kier molecular flexibility index (Phi) is 6.60. The van der Waals surface area contributed by atoms with Crippen molar-refractivity contribution in [1.29, 1.82) is 0 Å². The summed E-state index contributed by atoms with van der Waals surface area (Å²) in [5.74, 6) is -0.344. The molecule has 168 valence electrons. The van der Waals surface area contributed by atoms with Crippen LogP contribution in [0.25, 0.3) is 6.08 Å². The van der Waals surface area contributed by atoms with Gasteiger partial charge >= 0.3 is 10.1 Å². The molecular formula is C24H18ClNO5S2. The minimum atomic E-state index is -4.01. The molecule has 3 aromatic rings. The van der Waals surface area contributed by atoms with Crippen molar-refractivity contribution in [3.8, 4) is 5.75 Å². The molecule has 1 fully saturated rings. The van der Waals surface area contributed by atoms with Gasteiger partial charge in [-0.25, -0.2) is 0 Å². The summed E-state index contributed by atoms with van der Waals surface area (Å²) in [5.41, 5.74) is 2.12. The topological polar surface area (TPSA) is 80.8 Å². The molecule has 9 heteroatoms. The highest BCUT2D eigenvalue weighted by molar-refractivity contribution is 8.18. The quantitative estimate of drug-likeness (QED) is 0.322. The van der Waals surface area contributed by atoms with Gasteiger partial charge in [-0.1, -0.05) is 59.6 Å². The fourth-order valence-electron chi connectivity index (χ4n) is 3.12. The number of hydrogen-bond acceptors (Lipinski definition) is 6. The van der Waals surface area contributed by atoms with E-state index in [-0.39, 0.29) is 22.1 Å². The van der Waals surface area contributed by atoms with Crippen LogP contribution in [0, 0.1) is 6.92 Å². The Labute approximate surface area is 200 Å². The maximum absolute atomic E-state index is 12.8. The Morgan fingerprint density at radius 1 is 1.00 bits per heavy atom. The van der Waals surface area contributed by atoms with Gasteiger partial charge < -0.3 is 4.18 Å². The van der Waals surface area contributed by atoms with E-state index in [0.717, 1.165) is 22.2 Å². The maximum atomic E-state index is 12.8. The number of thioether (sulfide) groups is 1. The zero-order valence-electron chi connectivity index (χ0n) is 17.4. The number of hydrogen-bond donors (Lipinski definition) is 0. The van der Waals surface area contributed by atoms with E-state index in [0.29, 0.717) is 16.1 Å². The molecule has 2 amide bonds. The van der Waals surface area contributed by atoms with Crippen LogP contribution < -0.4 is 4.18 Å². The van der Waals surface area contributed by atoms with Gasteiger partial charge in [-0.05, 0) is 66.2 Å². The molecule has 4 rings (SSSR count). The lowest BCUT2D eigenvalue weighted by molar-refractivity contribution is -0.123. The molecule has 1 saturated heterocycles. The highest BCUT2D eigenvalue weighted by Gasteiger charge is 2.35. The van der Waals surface area contributed by atoms with Gasteiger partial charge in [0.05, 0.1) is 11.4 Å². The molecule has 0 radical (unpaired) electrons. The van der Waals surface area contributed by atoms with Crippen molar-refractivity contribution in [2.24, 2.45) is 0 Å². The molecule has 3 aromatic carbocycles. The standard InChI is InChI=1S/C24H18ClNO5S2/c1-16-9-11-20(12-10-16)33(29,30)31-19-7-4-5-17(13-19)14-22-23(27)26(24(28)32-22)15-18-6-2-3-8-21(18)25/h2-14H,15H2,1H3/b22-14-. The number of benzene rings is 3. The van der Waals surface area contributed by atoms with Crippen LogP contribution in [0.3, 0.4) is 0 Å². The molecule has 0 unspecified atom stereocenters. The van der Waals surface area contributed by atoms with Crippen LogP contribution in [-0.2, 0) is 21.5 Å². The van der Waals surface area contributed by atoms with Crippen molar-refractivity contribution in [3.05, 3.63) is 99.4 Å². The van der Waals surface area contributed by atoms with Gasteiger partial charge in [0, 0.05) is 5.02 Å². The van der Waals surface area contributed by atoms with Gasteiger partial charge in [0.2, 0.25) is 0 Å². The van der Waals surface area contributed by atoms with Crippen molar-refractivity contribution < 1.29 is 22.2 Å². The summed E-state index contributed by atoms with van der Waals surface area (Å²) in [6.07, 6.45) is 1.53. The lowest BCUT2D eigenvalue weighted by Gasteiger charge is -2.13. The van der Waals surface area contributed by atoms with E-state index in [4.69, 9.17) is 15.8 Å². The molecule has 0 atom stereocenters. The predicted octanol–water partition coefficient (Wildman–Crippen LogP) is 5.65. The van der Waals surface area contributed by atoms with E-state index >= 15 is 0 Å². The van der Waals surface area contributed by atoms with Gasteiger partial charge in [0.1, 0.15) is 10.6 Å². The van der Waals surface area contributed by atoms with Gasteiger partial charge in [0.15, 0.2) is 0 Å². The summed E-state index contributed by atoms with van der Waals surface area (Å²) < 4.78 is 30.4. The van der Waals surface area contributed by atoms with E-state index < -0.39 is 21.3 Å². The van der Waals surface area contributed by atoms with E-state index in [9.17, 15) is 18.0 Å². The van der Waals surface area contributed by atoms with Gasteiger partial charge in [-0.3, -0.25) is 14.5 Å². The number of nitrogens with zero attached hydrogens (tertiary/aromatic N) is 1. The Hall–Kier alpha value is -3.07. The molecule has 1 heterocycles. The van der Waals surface area contributed by atoms with Gasteiger partial charge in [-0.2, -0.15) is 8.42 Å². The molecule has 0 spiro atoms. The molecule has 1 aliphatic heterocycles. The average Bonchev–Trinajstić information content (AvgIpc) is 3.03. The minimum Gasteiger partial charge on any atom is -0.379 e. The van der Waals surface area contributed by atoms with Crippen LogP contribution in [0.15, 0.2) is 82.6 Å². The fraction of sp³-hybridized carbons (Fsp3) is 0.0833. The van der Waals surface area contributed by atoms with E-state index in [1.54, 1.807) is 48.5 Å². The maximum Gasteiger partial charge on any atom is 0.339 e. The number of halogens is 1. The first-order chi connectivity index (χ1) is 15.7. The van der Waals surface area contributed by atoms with Crippen molar-refractivity contribution in [3.63, 3.8) is 0 Å². The minimum absolute atomic E-state index is 0.0409. The summed E-state index contributed by atoms with van der Waals surface area (Å²) in [5, 5.41) is 0.0701. The molecule has 1 aliphatic rings. The van der Waals surface area contributed by atoms with Crippen LogP contribution in [0.5, 0.6) is 5.75 Å². The van der Waals surface area contributed by atoms with E-state index in [1.165, 1.54) is 30.3 Å². The second-order valence-corrected chi connectivity index (χ2v) is 10.2. The van der Waals surface area contributed by atoms with Gasteiger partial charge in [-0.15, -0.1) is 0 Å². The molecule has 0 saturated carbocycles. The van der Waals surface area contributed by atoms with Crippen molar-refractivity contribution in [2.75, 3.05) is 0 Å². The number of aryl methyl sites for hydroxylation is 1. The summed E-state index contributed by atoms with van der Waals surface area (Å²) >= 11 is 6.97. The third kappa shape index (κ3) is 5.30. The largest absolute Gasteiger partial charge is 0.379 e. The van der Waals surface area contributed by atoms with Crippen LogP contribution in [0.1, 0.15) is 16.7 Å². The first kappa shape index (κ1) is 23.1. The SMILES string of the molecule is Cc1ccc(S(=O)(=O)Oc2cccc(/C=C3\SC(=O)N(Cc4ccccc4Cl)C3=O)c2)cc1. The number of rotatable bonds is 6. The molecule has 0 aromatic heterocycles. The van der Waals surface area contributed by atoms with Crippen molar-refractivity contribution in [2.45, 2.75) is 18.4 Å². The summed E-state index contributed by atoms with van der Waals surface area (Å²) in [4.78, 5) is 26.6. The lowest BCUT2D eigenvalue weighted by atomic mass is 10.2. The highest BCUT2D eigenvalue weighted by Crippen LogP contribution is 2.34. The van der Waals surface area contributed by atoms with E-state index in [2.05, 4.69) is 0 Å². The second kappa shape index (κ2) is 9.43. The zero-order chi connectivity index (χ0) is 23.6. The molecule has 6 nitrogen and oxygen atoms in total. The van der Waals surface area contributed by atoms with Crippen LogP contribution in [0.4, 0.5) is 4.79 Å². The van der Waals surface area contributed by atoms with Crippen LogP contribution in [-0.4, -0.2) is 24.5 Å². The number of amides is 2. The third-order valence-corrected chi connectivity index (χ3v) is 7.37. The Bertz CT molecular complexity index is 1370. The van der Waals surface area contributed by atoms with E-state index in [1.807, 2.05) is 6.92 Å². The van der Waals surface area contributed by atoms with Crippen LogP contribution >= 0.6 is 23.4 Å². The number of imide groups is 1. The monoisotopic (exact) mass is 499 g/mol. The Morgan fingerprint density at radius 2 is 1.73 bits per heavy atom. The average molecular weight is 500 g/mol. The summed E-state index contributed by atoms with van der Waals surface area (Å²) in [6.45, 7) is 1.93. The molecule has 0 bridgehead atoms. The number of carbonyl (C=O) groups is 2. The van der Waals surface area contributed by atoms with Crippen LogP contribution in [0.2, 0.25) is 5.02 Å². The lowest BCUT2D eigenvalue weighted by Crippen LogP contribution is -2.27. The molecular weight excluding hydrogens is 482 g/mol. The predicted molar refractivity (Wildman–Crippen MR) is 128 cm³/mol. The normalized spacial score (nSPS) is 15.3. The Morgan fingerprint density at radius 3 is 2.45 bits per heavy atom. The fourth-order valence-corrected chi connectivity index (χ4v) is 5.08. The van der Waals surface area contributed by atoms with Gasteiger partial charge in [0.25, 0.3) is 11.1 Å². The molecule has 33 heavy (non-hydrogen) atoms. The first-order valence-electron chi connectivity index (χ1n) is 9.83. The third-order valence-electron chi connectivity index (χ3n) is 4.83. The summed E-state index contributed by atoms with van der Waals surface area (Å²) in [6, 6.07) is 19.6. The van der Waals surface area contributed by atoms with Crippen molar-refractivity contribution in [1.82, 2.24) is 4.90 Å². The smallest absolute Gasteiger partial charge is 0.339 e. The van der Waals surface area contributed by atoms with Crippen molar-refractivity contribution >= 4 is 50.7 Å². The molecule has 0 N–H and O–H groups in total. The zero-order valence-corrected chi connectivity index (χ0v) is 19.8. The highest BCUT2D eigenvalue weighted by atomic mass is 35.5. The molecule has 0 aliphatic carbocycles. The first-order valence-corrected chi connectivity index (χ1v) is 12.4. The second-order valence-electron chi connectivity index (χ2n) is 7.28.